The van der Waals surface area contributed by atoms with Gasteiger partial charge in [0.1, 0.15) is 17.4 Å². The maximum absolute atomic E-state index is 12.5. The number of carbonyl (C=O) groups is 1. The van der Waals surface area contributed by atoms with Crippen molar-refractivity contribution in [2.75, 3.05) is 11.9 Å². The molecule has 0 aliphatic carbocycles. The Labute approximate surface area is 121 Å². The minimum atomic E-state index is -0.388. The van der Waals surface area contributed by atoms with Crippen molar-refractivity contribution in [3.63, 3.8) is 0 Å². The van der Waals surface area contributed by atoms with Crippen LogP contribution in [0.3, 0.4) is 0 Å². The highest BCUT2D eigenvalue weighted by atomic mass is 16.3. The van der Waals surface area contributed by atoms with E-state index in [2.05, 4.69) is 0 Å². The Hall–Kier alpha value is -2.88. The molecule has 1 heterocycles. The summed E-state index contributed by atoms with van der Waals surface area (Å²) in [6, 6.07) is 16.0. The number of para-hydroxylation sites is 2. The van der Waals surface area contributed by atoms with Gasteiger partial charge >= 0.3 is 0 Å². The van der Waals surface area contributed by atoms with Gasteiger partial charge in [-0.25, -0.2) is 0 Å². The molecule has 21 heavy (non-hydrogen) atoms. The van der Waals surface area contributed by atoms with Gasteiger partial charge in [-0.15, -0.1) is 0 Å². The van der Waals surface area contributed by atoms with E-state index in [9.17, 15) is 9.59 Å². The highest BCUT2D eigenvalue weighted by molar-refractivity contribution is 6.06. The van der Waals surface area contributed by atoms with Crippen molar-refractivity contribution < 1.29 is 9.21 Å². The van der Waals surface area contributed by atoms with E-state index in [0.717, 1.165) is 5.69 Å². The van der Waals surface area contributed by atoms with Crippen molar-refractivity contribution >= 4 is 22.6 Å². The van der Waals surface area contributed by atoms with Gasteiger partial charge in [-0.05, 0) is 24.3 Å². The van der Waals surface area contributed by atoms with E-state index in [1.807, 2.05) is 18.2 Å². The number of fused-ring (bicyclic) bond motifs is 1. The van der Waals surface area contributed by atoms with Crippen LogP contribution in [0.4, 0.5) is 5.69 Å². The molecule has 0 unspecified atom stereocenters. The maximum Gasteiger partial charge on any atom is 0.265 e. The van der Waals surface area contributed by atoms with Gasteiger partial charge in [-0.2, -0.15) is 0 Å². The summed E-state index contributed by atoms with van der Waals surface area (Å²) >= 11 is 0. The topological polar surface area (TPSA) is 50.5 Å². The first-order valence-electron chi connectivity index (χ1n) is 6.52. The lowest BCUT2D eigenvalue weighted by molar-refractivity contribution is 0.0990. The molecule has 0 saturated heterocycles. The van der Waals surface area contributed by atoms with Crippen LogP contribution < -0.4 is 10.3 Å². The lowest BCUT2D eigenvalue weighted by Crippen LogP contribution is -2.30. The molecule has 1 amide bonds. The summed E-state index contributed by atoms with van der Waals surface area (Å²) in [4.78, 5) is 26.3. The summed E-state index contributed by atoms with van der Waals surface area (Å²) in [7, 11) is 1.63. The van der Waals surface area contributed by atoms with Crippen LogP contribution in [0.5, 0.6) is 0 Å². The van der Waals surface area contributed by atoms with Crippen molar-refractivity contribution in [2.45, 2.75) is 0 Å². The monoisotopic (exact) mass is 279 g/mol. The Morgan fingerprint density at radius 3 is 2.43 bits per heavy atom. The highest BCUT2D eigenvalue weighted by Gasteiger charge is 2.18. The van der Waals surface area contributed by atoms with E-state index in [4.69, 9.17) is 4.42 Å². The minimum absolute atomic E-state index is 0.0278. The molecule has 0 aliphatic rings. The summed E-state index contributed by atoms with van der Waals surface area (Å²) < 4.78 is 5.38. The fraction of sp³-hybridized carbons (Fsp3) is 0.0588. The molecular formula is C17H13NO3. The summed E-state index contributed by atoms with van der Waals surface area (Å²) in [5.74, 6) is -0.388. The molecule has 0 radical (unpaired) electrons. The molecule has 0 fully saturated rings. The Bertz CT molecular complexity index is 853. The number of amides is 1. The highest BCUT2D eigenvalue weighted by Crippen LogP contribution is 2.15. The Kier molecular flexibility index (Phi) is 3.28. The first-order valence-corrected chi connectivity index (χ1v) is 6.52. The number of hydrogen-bond donors (Lipinski definition) is 0. The predicted molar refractivity (Wildman–Crippen MR) is 81.7 cm³/mol. The van der Waals surface area contributed by atoms with E-state index in [-0.39, 0.29) is 16.9 Å². The van der Waals surface area contributed by atoms with E-state index < -0.39 is 0 Å². The Morgan fingerprint density at radius 2 is 1.67 bits per heavy atom. The molecule has 0 bridgehead atoms. The molecule has 3 rings (SSSR count). The van der Waals surface area contributed by atoms with Crippen LogP contribution in [0.25, 0.3) is 11.0 Å². The molecule has 0 aliphatic heterocycles. The van der Waals surface area contributed by atoms with Crippen LogP contribution in [0.15, 0.2) is 70.1 Å². The van der Waals surface area contributed by atoms with Crippen LogP contribution >= 0.6 is 0 Å². The van der Waals surface area contributed by atoms with Crippen molar-refractivity contribution in [3.8, 4) is 0 Å². The molecule has 0 N–H and O–H groups in total. The van der Waals surface area contributed by atoms with Crippen molar-refractivity contribution in [2.24, 2.45) is 0 Å². The van der Waals surface area contributed by atoms with Crippen LogP contribution in [0.2, 0.25) is 0 Å². The zero-order chi connectivity index (χ0) is 14.8. The second-order valence-corrected chi connectivity index (χ2v) is 4.67. The zero-order valence-corrected chi connectivity index (χ0v) is 11.4. The van der Waals surface area contributed by atoms with Gasteiger partial charge in [0.2, 0.25) is 5.43 Å². The number of benzene rings is 2. The average molecular weight is 279 g/mol. The van der Waals surface area contributed by atoms with Gasteiger partial charge in [0.05, 0.1) is 5.39 Å². The molecule has 0 saturated carbocycles. The number of hydrogen-bond acceptors (Lipinski definition) is 3. The minimum Gasteiger partial charge on any atom is -0.463 e. The Balaban J connectivity index is 2.06. The van der Waals surface area contributed by atoms with Crippen LogP contribution in [-0.2, 0) is 0 Å². The first-order chi connectivity index (χ1) is 10.2. The van der Waals surface area contributed by atoms with Crippen LogP contribution in [0, 0.1) is 0 Å². The van der Waals surface area contributed by atoms with E-state index >= 15 is 0 Å². The van der Waals surface area contributed by atoms with Gasteiger partial charge < -0.3 is 9.32 Å². The van der Waals surface area contributed by atoms with E-state index in [0.29, 0.717) is 11.0 Å². The van der Waals surface area contributed by atoms with Crippen LogP contribution in [0.1, 0.15) is 10.4 Å². The number of carbonyl (C=O) groups excluding carboxylic acids is 1. The van der Waals surface area contributed by atoms with Crippen molar-refractivity contribution in [1.82, 2.24) is 0 Å². The number of nitrogens with zero attached hydrogens (tertiary/aromatic N) is 1. The fourth-order valence-corrected chi connectivity index (χ4v) is 2.18. The summed E-state index contributed by atoms with van der Waals surface area (Å²) in [5, 5.41) is 0.407. The molecule has 0 spiro atoms. The first kappa shape index (κ1) is 13.1. The lowest BCUT2D eigenvalue weighted by Gasteiger charge is -2.16. The Morgan fingerprint density at radius 1 is 1.00 bits per heavy atom. The SMILES string of the molecule is CN(C(=O)c1coc2ccccc2c1=O)c1ccccc1. The molecule has 4 nitrogen and oxygen atoms in total. The van der Waals surface area contributed by atoms with E-state index in [1.54, 1.807) is 43.4 Å². The lowest BCUT2D eigenvalue weighted by atomic mass is 10.1. The second kappa shape index (κ2) is 5.25. The molecule has 4 heteroatoms. The third-order valence-corrected chi connectivity index (χ3v) is 3.36. The second-order valence-electron chi connectivity index (χ2n) is 4.67. The largest absolute Gasteiger partial charge is 0.463 e. The smallest absolute Gasteiger partial charge is 0.265 e. The normalized spacial score (nSPS) is 10.5. The van der Waals surface area contributed by atoms with E-state index in [1.165, 1.54) is 11.2 Å². The third kappa shape index (κ3) is 2.31. The predicted octanol–water partition coefficient (Wildman–Crippen LogP) is 3.07. The van der Waals surface area contributed by atoms with Gasteiger partial charge in [0.25, 0.3) is 5.91 Å². The number of rotatable bonds is 2. The van der Waals surface area contributed by atoms with Gasteiger partial charge in [-0.3, -0.25) is 9.59 Å². The summed E-state index contributed by atoms with van der Waals surface area (Å²) in [6.07, 6.45) is 1.23. The fourth-order valence-electron chi connectivity index (χ4n) is 2.18. The molecule has 1 aromatic heterocycles. The molecule has 3 aromatic rings. The quantitative estimate of drug-likeness (QED) is 0.724. The average Bonchev–Trinajstić information content (AvgIpc) is 2.55. The third-order valence-electron chi connectivity index (χ3n) is 3.36. The standard InChI is InChI=1S/C17H13NO3/c1-18(12-7-3-2-4-8-12)17(20)14-11-21-15-10-6-5-9-13(15)16(14)19/h2-11H,1H3. The van der Waals surface area contributed by atoms with Gasteiger partial charge in [0, 0.05) is 12.7 Å². The molecule has 104 valence electrons. The van der Waals surface area contributed by atoms with Crippen molar-refractivity contribution in [1.29, 1.82) is 0 Å². The van der Waals surface area contributed by atoms with Crippen molar-refractivity contribution in [3.05, 3.63) is 76.6 Å². The van der Waals surface area contributed by atoms with Crippen LogP contribution in [-0.4, -0.2) is 13.0 Å². The molecule has 2 aromatic carbocycles. The molecular weight excluding hydrogens is 266 g/mol. The van der Waals surface area contributed by atoms with Gasteiger partial charge in [-0.1, -0.05) is 30.3 Å². The number of anilines is 1. The summed E-state index contributed by atoms with van der Waals surface area (Å²) in [5.41, 5.74) is 0.904. The summed E-state index contributed by atoms with van der Waals surface area (Å²) in [6.45, 7) is 0. The molecule has 0 atom stereocenters. The van der Waals surface area contributed by atoms with Gasteiger partial charge in [0.15, 0.2) is 0 Å². The zero-order valence-electron chi connectivity index (χ0n) is 11.4. The maximum atomic E-state index is 12.5.